The molecule has 0 fully saturated rings. The molecule has 0 saturated carbocycles. The largest absolute Gasteiger partial charge is 0.465 e. The van der Waals surface area contributed by atoms with Gasteiger partial charge in [-0.15, -0.1) is 23.1 Å². The zero-order valence-electron chi connectivity index (χ0n) is 15.3. The fourth-order valence-electron chi connectivity index (χ4n) is 3.16. The second-order valence-corrected chi connectivity index (χ2v) is 9.18. The van der Waals surface area contributed by atoms with Crippen molar-refractivity contribution in [1.82, 2.24) is 0 Å². The van der Waals surface area contributed by atoms with Crippen molar-refractivity contribution in [3.05, 3.63) is 45.3 Å². The zero-order chi connectivity index (χ0) is 19.4. The fourth-order valence-corrected chi connectivity index (χ4v) is 5.52. The minimum Gasteiger partial charge on any atom is -0.465 e. The van der Waals surface area contributed by atoms with Crippen LogP contribution in [0.25, 0.3) is 0 Å². The molecule has 0 saturated heterocycles. The van der Waals surface area contributed by atoms with Crippen LogP contribution in [0.1, 0.15) is 47.0 Å². The molecule has 2 aromatic rings. The standard InChI is InChI=1S/C20H22ClNO3S2/c1-3-15(26-13-10-8-12(21)9-11-13)18(23)22-19-17(20(24)25-2)14-6-4-5-7-16(14)27-19/h8-11,15H,3-7H2,1-2H3,(H,22,23). The molecule has 1 unspecified atom stereocenters. The van der Waals surface area contributed by atoms with Crippen molar-refractivity contribution in [2.24, 2.45) is 0 Å². The molecule has 144 valence electrons. The van der Waals surface area contributed by atoms with E-state index in [0.29, 0.717) is 22.0 Å². The van der Waals surface area contributed by atoms with E-state index >= 15 is 0 Å². The number of hydrogen-bond acceptors (Lipinski definition) is 5. The second-order valence-electron chi connectivity index (χ2n) is 6.36. The molecule has 1 aliphatic rings. The Morgan fingerprint density at radius 3 is 2.63 bits per heavy atom. The first-order valence-corrected chi connectivity index (χ1v) is 11.1. The van der Waals surface area contributed by atoms with E-state index < -0.39 is 0 Å². The molecule has 1 heterocycles. The lowest BCUT2D eigenvalue weighted by molar-refractivity contribution is -0.115. The average Bonchev–Trinajstić information content (AvgIpc) is 3.04. The number of rotatable bonds is 6. The molecule has 27 heavy (non-hydrogen) atoms. The van der Waals surface area contributed by atoms with Crippen LogP contribution in [0.15, 0.2) is 29.2 Å². The molecule has 1 aromatic heterocycles. The SMILES string of the molecule is CCC(Sc1ccc(Cl)cc1)C(=O)Nc1sc2c(c1C(=O)OC)CCCC2. The molecule has 0 aliphatic heterocycles. The van der Waals surface area contributed by atoms with E-state index in [-0.39, 0.29) is 17.1 Å². The maximum atomic E-state index is 12.9. The maximum Gasteiger partial charge on any atom is 0.341 e. The zero-order valence-corrected chi connectivity index (χ0v) is 17.7. The number of fused-ring (bicyclic) bond motifs is 1. The normalized spacial score (nSPS) is 14.3. The highest BCUT2D eigenvalue weighted by atomic mass is 35.5. The molecule has 1 atom stereocenters. The van der Waals surface area contributed by atoms with Crippen LogP contribution >= 0.6 is 34.7 Å². The van der Waals surface area contributed by atoms with Gasteiger partial charge in [0.1, 0.15) is 5.00 Å². The number of anilines is 1. The predicted molar refractivity (Wildman–Crippen MR) is 112 cm³/mol. The quantitative estimate of drug-likeness (QED) is 0.487. The molecule has 0 radical (unpaired) electrons. The summed E-state index contributed by atoms with van der Waals surface area (Å²) in [6, 6.07) is 7.45. The van der Waals surface area contributed by atoms with Gasteiger partial charge in [0.25, 0.3) is 0 Å². The molecule has 7 heteroatoms. The molecule has 1 aliphatic carbocycles. The lowest BCUT2D eigenvalue weighted by Crippen LogP contribution is -2.25. The number of halogens is 1. The van der Waals surface area contributed by atoms with Crippen molar-refractivity contribution >= 4 is 51.6 Å². The van der Waals surface area contributed by atoms with Crippen LogP contribution < -0.4 is 5.32 Å². The van der Waals surface area contributed by atoms with Gasteiger partial charge in [-0.25, -0.2) is 4.79 Å². The molecular weight excluding hydrogens is 402 g/mol. The number of hydrogen-bond donors (Lipinski definition) is 1. The van der Waals surface area contributed by atoms with Crippen LogP contribution in [0, 0.1) is 0 Å². The molecule has 4 nitrogen and oxygen atoms in total. The monoisotopic (exact) mass is 423 g/mol. The van der Waals surface area contributed by atoms with Crippen molar-refractivity contribution in [1.29, 1.82) is 0 Å². The third kappa shape index (κ3) is 4.68. The van der Waals surface area contributed by atoms with Crippen LogP contribution in [0.5, 0.6) is 0 Å². The topological polar surface area (TPSA) is 55.4 Å². The van der Waals surface area contributed by atoms with Gasteiger partial charge in [-0.3, -0.25) is 4.79 Å². The molecule has 1 N–H and O–H groups in total. The number of methoxy groups -OCH3 is 1. The Kier molecular flexibility index (Phi) is 6.84. The van der Waals surface area contributed by atoms with Crippen LogP contribution in [0.2, 0.25) is 5.02 Å². The number of carbonyl (C=O) groups is 2. The van der Waals surface area contributed by atoms with Gasteiger partial charge in [-0.2, -0.15) is 0 Å². The van der Waals surface area contributed by atoms with E-state index in [1.807, 2.05) is 31.2 Å². The fraction of sp³-hybridized carbons (Fsp3) is 0.400. The van der Waals surface area contributed by atoms with E-state index in [9.17, 15) is 9.59 Å². The Bertz CT molecular complexity index is 832. The van der Waals surface area contributed by atoms with Crippen LogP contribution in [0.3, 0.4) is 0 Å². The Morgan fingerprint density at radius 2 is 1.96 bits per heavy atom. The molecule has 3 rings (SSSR count). The summed E-state index contributed by atoms with van der Waals surface area (Å²) < 4.78 is 4.98. The summed E-state index contributed by atoms with van der Waals surface area (Å²) >= 11 is 8.94. The Balaban J connectivity index is 1.80. The van der Waals surface area contributed by atoms with Crippen LogP contribution in [0.4, 0.5) is 5.00 Å². The third-order valence-corrected chi connectivity index (χ3v) is 7.39. The Morgan fingerprint density at radius 1 is 1.26 bits per heavy atom. The first kappa shape index (κ1) is 20.2. The smallest absolute Gasteiger partial charge is 0.341 e. The number of thioether (sulfide) groups is 1. The van der Waals surface area contributed by atoms with E-state index in [0.717, 1.165) is 36.1 Å². The summed E-state index contributed by atoms with van der Waals surface area (Å²) in [5.41, 5.74) is 1.59. The number of amides is 1. The Labute approximate surface area is 172 Å². The maximum absolute atomic E-state index is 12.9. The lowest BCUT2D eigenvalue weighted by Gasteiger charge is -2.15. The van der Waals surface area contributed by atoms with Crippen molar-refractivity contribution in [3.8, 4) is 0 Å². The highest BCUT2D eigenvalue weighted by Gasteiger charge is 2.28. The minimum atomic E-state index is -0.372. The van der Waals surface area contributed by atoms with Crippen molar-refractivity contribution in [2.45, 2.75) is 49.2 Å². The number of ether oxygens (including phenoxy) is 1. The average molecular weight is 424 g/mol. The number of carbonyl (C=O) groups excluding carboxylic acids is 2. The van der Waals surface area contributed by atoms with Gasteiger partial charge in [0.05, 0.1) is 17.9 Å². The summed E-state index contributed by atoms with van der Waals surface area (Å²) in [4.78, 5) is 27.4. The number of benzene rings is 1. The van der Waals surface area contributed by atoms with E-state index in [1.54, 1.807) is 0 Å². The van der Waals surface area contributed by atoms with E-state index in [2.05, 4.69) is 5.32 Å². The lowest BCUT2D eigenvalue weighted by atomic mass is 9.95. The van der Waals surface area contributed by atoms with Gasteiger partial charge in [0.15, 0.2) is 0 Å². The van der Waals surface area contributed by atoms with E-state index in [1.165, 1.54) is 35.1 Å². The highest BCUT2D eigenvalue weighted by molar-refractivity contribution is 8.00. The van der Waals surface area contributed by atoms with Crippen LogP contribution in [-0.2, 0) is 22.4 Å². The summed E-state index contributed by atoms with van der Waals surface area (Å²) in [5, 5.41) is 4.03. The van der Waals surface area contributed by atoms with E-state index in [4.69, 9.17) is 16.3 Å². The molecule has 1 amide bonds. The van der Waals surface area contributed by atoms with Gasteiger partial charge >= 0.3 is 5.97 Å². The second kappa shape index (κ2) is 9.13. The number of aryl methyl sites for hydroxylation is 1. The van der Waals surface area contributed by atoms with Crippen molar-refractivity contribution < 1.29 is 14.3 Å². The Hall–Kier alpha value is -1.50. The predicted octanol–water partition coefficient (Wildman–Crippen LogP) is 5.58. The van der Waals surface area contributed by atoms with Gasteiger partial charge in [-0.05, 0) is 61.9 Å². The summed E-state index contributed by atoms with van der Waals surface area (Å²) in [7, 11) is 1.38. The van der Waals surface area contributed by atoms with Crippen LogP contribution in [-0.4, -0.2) is 24.2 Å². The first-order chi connectivity index (χ1) is 13.0. The first-order valence-electron chi connectivity index (χ1n) is 8.99. The van der Waals surface area contributed by atoms with Crippen molar-refractivity contribution in [2.75, 3.05) is 12.4 Å². The van der Waals surface area contributed by atoms with Crippen molar-refractivity contribution in [3.63, 3.8) is 0 Å². The summed E-state index contributed by atoms with van der Waals surface area (Å²) in [5.74, 6) is -0.468. The van der Waals surface area contributed by atoms with Gasteiger partial charge < -0.3 is 10.1 Å². The molecule has 0 spiro atoms. The molecule has 0 bridgehead atoms. The third-order valence-electron chi connectivity index (χ3n) is 4.55. The summed E-state index contributed by atoms with van der Waals surface area (Å²) in [6.07, 6.45) is 4.67. The number of thiophene rings is 1. The molecular formula is C20H22ClNO3S2. The van der Waals surface area contributed by atoms with Gasteiger partial charge in [0, 0.05) is 14.8 Å². The highest BCUT2D eigenvalue weighted by Crippen LogP contribution is 2.39. The molecule has 1 aromatic carbocycles. The summed E-state index contributed by atoms with van der Waals surface area (Å²) in [6.45, 7) is 1.98. The number of esters is 1. The minimum absolute atomic E-state index is 0.0961. The van der Waals surface area contributed by atoms with Gasteiger partial charge in [-0.1, -0.05) is 18.5 Å². The number of nitrogens with one attached hydrogen (secondary N) is 1. The van der Waals surface area contributed by atoms with Gasteiger partial charge in [0.2, 0.25) is 5.91 Å².